The van der Waals surface area contributed by atoms with Crippen molar-refractivity contribution in [2.24, 2.45) is 0 Å². The van der Waals surface area contributed by atoms with Crippen LogP contribution in [0.1, 0.15) is 12.0 Å². The van der Waals surface area contributed by atoms with Gasteiger partial charge in [0.25, 0.3) is 6.43 Å². The summed E-state index contributed by atoms with van der Waals surface area (Å²) in [6.07, 6.45) is -2.54. The molecule has 4 heteroatoms. The van der Waals surface area contributed by atoms with Crippen molar-refractivity contribution in [1.29, 1.82) is 0 Å². The predicted octanol–water partition coefficient (Wildman–Crippen LogP) is 3.09. The molecule has 0 aromatic heterocycles. The van der Waals surface area contributed by atoms with Crippen LogP contribution in [-0.2, 0) is 0 Å². The Kier molecular flexibility index (Phi) is 2.44. The lowest BCUT2D eigenvalue weighted by Crippen LogP contribution is -1.82. The van der Waals surface area contributed by atoms with Gasteiger partial charge in [-0.3, -0.25) is 0 Å². The molecule has 0 atom stereocenters. The summed E-state index contributed by atoms with van der Waals surface area (Å²) >= 11 is 2.99. The van der Waals surface area contributed by atoms with Crippen LogP contribution < -0.4 is 0 Å². The Bertz CT molecular complexity index is 242. The first kappa shape index (κ1) is 8.46. The molecule has 1 aromatic rings. The Hall–Kier alpha value is -0.640. The van der Waals surface area contributed by atoms with E-state index in [1.54, 1.807) is 0 Å². The molecule has 0 spiro atoms. The fourth-order valence-electron chi connectivity index (χ4n) is 0.722. The standard InChI is InChI=1S/C7H5BrF2O/c8-5-1-4(7(9)10)2-6(11)3-5/h1-3,7,11H. The molecule has 0 amide bonds. The van der Waals surface area contributed by atoms with Crippen LogP contribution in [0.2, 0.25) is 0 Å². The molecule has 1 aromatic carbocycles. The Balaban J connectivity index is 3.08. The molecule has 0 fully saturated rings. The molecule has 1 rings (SSSR count). The largest absolute Gasteiger partial charge is 0.508 e. The molecule has 0 heterocycles. The van der Waals surface area contributed by atoms with E-state index in [1.165, 1.54) is 12.1 Å². The highest BCUT2D eigenvalue weighted by molar-refractivity contribution is 9.10. The highest BCUT2D eigenvalue weighted by atomic mass is 79.9. The lowest BCUT2D eigenvalue weighted by Gasteiger charge is -2.00. The van der Waals surface area contributed by atoms with Gasteiger partial charge in [0.15, 0.2) is 0 Å². The fourth-order valence-corrected chi connectivity index (χ4v) is 1.22. The summed E-state index contributed by atoms with van der Waals surface area (Å²) in [6.45, 7) is 0. The number of halogens is 3. The number of hydrogen-bond acceptors (Lipinski definition) is 1. The van der Waals surface area contributed by atoms with Crippen molar-refractivity contribution in [1.82, 2.24) is 0 Å². The Morgan fingerprint density at radius 3 is 2.36 bits per heavy atom. The maximum atomic E-state index is 12.0. The zero-order valence-electron chi connectivity index (χ0n) is 5.39. The lowest BCUT2D eigenvalue weighted by molar-refractivity contribution is 0.151. The van der Waals surface area contributed by atoms with E-state index < -0.39 is 6.43 Å². The number of phenols is 1. The Morgan fingerprint density at radius 1 is 1.27 bits per heavy atom. The van der Waals surface area contributed by atoms with Gasteiger partial charge in [-0.1, -0.05) is 15.9 Å². The molecule has 60 valence electrons. The molecule has 0 unspecified atom stereocenters. The van der Waals surface area contributed by atoms with Crippen molar-refractivity contribution in [2.45, 2.75) is 6.43 Å². The SMILES string of the molecule is Oc1cc(Br)cc(C(F)F)c1. The molecule has 0 radical (unpaired) electrons. The first-order valence-electron chi connectivity index (χ1n) is 2.87. The van der Waals surface area contributed by atoms with E-state index in [4.69, 9.17) is 5.11 Å². The van der Waals surface area contributed by atoms with Gasteiger partial charge in [-0.2, -0.15) is 0 Å². The van der Waals surface area contributed by atoms with Gasteiger partial charge in [0.2, 0.25) is 0 Å². The average molecular weight is 223 g/mol. The highest BCUT2D eigenvalue weighted by Crippen LogP contribution is 2.26. The van der Waals surface area contributed by atoms with E-state index in [9.17, 15) is 8.78 Å². The summed E-state index contributed by atoms with van der Waals surface area (Å²) < 4.78 is 24.4. The zero-order valence-corrected chi connectivity index (χ0v) is 6.98. The maximum absolute atomic E-state index is 12.0. The van der Waals surface area contributed by atoms with Crippen LogP contribution >= 0.6 is 15.9 Å². The third kappa shape index (κ3) is 2.15. The number of hydrogen-bond donors (Lipinski definition) is 1. The normalized spacial score (nSPS) is 10.5. The van der Waals surface area contributed by atoms with E-state index in [1.807, 2.05) is 0 Å². The van der Waals surface area contributed by atoms with Crippen LogP contribution in [0.4, 0.5) is 8.78 Å². The minimum absolute atomic E-state index is 0.158. The summed E-state index contributed by atoms with van der Waals surface area (Å²) in [7, 11) is 0. The summed E-state index contributed by atoms with van der Waals surface area (Å²) in [5, 5.41) is 8.88. The van der Waals surface area contributed by atoms with Crippen LogP contribution in [0, 0.1) is 0 Å². The van der Waals surface area contributed by atoms with Gasteiger partial charge in [0.05, 0.1) is 0 Å². The highest BCUT2D eigenvalue weighted by Gasteiger charge is 2.08. The molecule has 0 saturated carbocycles. The summed E-state index contributed by atoms with van der Waals surface area (Å²) in [5.41, 5.74) is -0.183. The van der Waals surface area contributed by atoms with Gasteiger partial charge < -0.3 is 5.11 Å². The monoisotopic (exact) mass is 222 g/mol. The molecule has 11 heavy (non-hydrogen) atoms. The molecule has 0 aliphatic heterocycles. The summed E-state index contributed by atoms with van der Waals surface area (Å²) in [5.74, 6) is -0.158. The van der Waals surface area contributed by atoms with Crippen molar-refractivity contribution in [3.63, 3.8) is 0 Å². The van der Waals surface area contributed by atoms with Gasteiger partial charge in [-0.15, -0.1) is 0 Å². The molecule has 0 aliphatic rings. The summed E-state index contributed by atoms with van der Waals surface area (Å²) in [6, 6.07) is 3.66. The van der Waals surface area contributed by atoms with Crippen LogP contribution in [0.15, 0.2) is 22.7 Å². The van der Waals surface area contributed by atoms with Crippen molar-refractivity contribution in [3.05, 3.63) is 28.2 Å². The second kappa shape index (κ2) is 3.17. The van der Waals surface area contributed by atoms with Crippen molar-refractivity contribution in [3.8, 4) is 5.75 Å². The molecular formula is C7H5BrF2O. The van der Waals surface area contributed by atoms with Gasteiger partial charge in [0, 0.05) is 10.0 Å². The van der Waals surface area contributed by atoms with Crippen LogP contribution in [-0.4, -0.2) is 5.11 Å². The second-order valence-electron chi connectivity index (χ2n) is 2.04. The van der Waals surface area contributed by atoms with Crippen LogP contribution in [0.3, 0.4) is 0 Å². The van der Waals surface area contributed by atoms with Gasteiger partial charge in [0.1, 0.15) is 5.75 Å². The molecular weight excluding hydrogens is 218 g/mol. The smallest absolute Gasteiger partial charge is 0.264 e. The minimum Gasteiger partial charge on any atom is -0.508 e. The van der Waals surface area contributed by atoms with Crippen molar-refractivity contribution < 1.29 is 13.9 Å². The Morgan fingerprint density at radius 2 is 1.91 bits per heavy atom. The van der Waals surface area contributed by atoms with E-state index in [0.717, 1.165) is 6.07 Å². The van der Waals surface area contributed by atoms with Crippen molar-refractivity contribution >= 4 is 15.9 Å². The average Bonchev–Trinajstić information content (AvgIpc) is 1.85. The lowest BCUT2D eigenvalue weighted by atomic mass is 10.2. The van der Waals surface area contributed by atoms with E-state index in [0.29, 0.717) is 4.47 Å². The third-order valence-corrected chi connectivity index (χ3v) is 1.61. The number of rotatable bonds is 1. The first-order chi connectivity index (χ1) is 5.09. The van der Waals surface area contributed by atoms with Crippen LogP contribution in [0.25, 0.3) is 0 Å². The molecule has 0 aliphatic carbocycles. The zero-order chi connectivity index (χ0) is 8.43. The quantitative estimate of drug-likeness (QED) is 0.775. The van der Waals surface area contributed by atoms with E-state index in [2.05, 4.69) is 15.9 Å². The number of benzene rings is 1. The molecule has 1 N–H and O–H groups in total. The van der Waals surface area contributed by atoms with E-state index >= 15 is 0 Å². The molecule has 0 bridgehead atoms. The Labute approximate surface area is 70.8 Å². The van der Waals surface area contributed by atoms with E-state index in [-0.39, 0.29) is 11.3 Å². The predicted molar refractivity (Wildman–Crippen MR) is 40.8 cm³/mol. The van der Waals surface area contributed by atoms with Crippen LogP contribution in [0.5, 0.6) is 5.75 Å². The number of alkyl halides is 2. The van der Waals surface area contributed by atoms with Crippen molar-refractivity contribution in [2.75, 3.05) is 0 Å². The third-order valence-electron chi connectivity index (χ3n) is 1.16. The van der Waals surface area contributed by atoms with Gasteiger partial charge in [-0.25, -0.2) is 8.78 Å². The second-order valence-corrected chi connectivity index (χ2v) is 2.96. The minimum atomic E-state index is -2.54. The fraction of sp³-hybridized carbons (Fsp3) is 0.143. The molecule has 1 nitrogen and oxygen atoms in total. The number of phenolic OH excluding ortho intramolecular Hbond substituents is 1. The maximum Gasteiger partial charge on any atom is 0.264 e. The summed E-state index contributed by atoms with van der Waals surface area (Å²) in [4.78, 5) is 0. The topological polar surface area (TPSA) is 20.2 Å². The number of aromatic hydroxyl groups is 1. The van der Waals surface area contributed by atoms with Gasteiger partial charge in [-0.05, 0) is 18.2 Å². The van der Waals surface area contributed by atoms with Gasteiger partial charge >= 0.3 is 0 Å². The molecule has 0 saturated heterocycles. The first-order valence-corrected chi connectivity index (χ1v) is 3.66.